The molecule has 0 saturated heterocycles. The lowest BCUT2D eigenvalue weighted by atomic mass is 10.1. The zero-order valence-corrected chi connectivity index (χ0v) is 15.3. The standard InChI is InChI=1S/C19H19N7O2/c1-12-2-4-13(5-3-12)18-23-25-26(24-18)11-17(27)21-15-8-9-16(20-10-15)22-19(28)14-6-7-14/h2-5,8-10,14H,6-7,11H2,1H3,(H,21,27)(H,20,22,28). The van der Waals surface area contributed by atoms with Gasteiger partial charge in [0.15, 0.2) is 0 Å². The third-order valence-electron chi connectivity index (χ3n) is 4.29. The molecule has 1 fully saturated rings. The van der Waals surface area contributed by atoms with Crippen LogP contribution >= 0.6 is 0 Å². The maximum Gasteiger partial charge on any atom is 0.248 e. The van der Waals surface area contributed by atoms with Crippen LogP contribution in [0.1, 0.15) is 18.4 Å². The van der Waals surface area contributed by atoms with E-state index in [4.69, 9.17) is 0 Å². The van der Waals surface area contributed by atoms with Crippen LogP contribution in [0, 0.1) is 12.8 Å². The van der Waals surface area contributed by atoms with Crippen LogP contribution in [-0.4, -0.2) is 37.0 Å². The van der Waals surface area contributed by atoms with Crippen molar-refractivity contribution in [2.45, 2.75) is 26.3 Å². The van der Waals surface area contributed by atoms with E-state index in [0.717, 1.165) is 24.0 Å². The summed E-state index contributed by atoms with van der Waals surface area (Å²) in [4.78, 5) is 29.3. The van der Waals surface area contributed by atoms with E-state index in [-0.39, 0.29) is 24.3 Å². The number of benzene rings is 1. The molecule has 4 rings (SSSR count). The predicted octanol–water partition coefficient (Wildman–Crippen LogP) is 2.03. The second kappa shape index (κ2) is 7.55. The number of carbonyl (C=O) groups is 2. The minimum atomic E-state index is -0.301. The van der Waals surface area contributed by atoms with E-state index in [0.29, 0.717) is 17.3 Å². The van der Waals surface area contributed by atoms with Crippen molar-refractivity contribution in [2.75, 3.05) is 10.6 Å². The number of aryl methyl sites for hydroxylation is 1. The first-order chi connectivity index (χ1) is 13.6. The van der Waals surface area contributed by atoms with Gasteiger partial charge in [0.2, 0.25) is 17.6 Å². The Morgan fingerprint density at radius 3 is 2.57 bits per heavy atom. The Bertz CT molecular complexity index is 992. The summed E-state index contributed by atoms with van der Waals surface area (Å²) in [6.45, 7) is 1.93. The van der Waals surface area contributed by atoms with Crippen LogP contribution in [0.4, 0.5) is 11.5 Å². The molecule has 0 aliphatic heterocycles. The van der Waals surface area contributed by atoms with Crippen LogP contribution in [0.25, 0.3) is 11.4 Å². The molecule has 2 amide bonds. The number of hydrogen-bond acceptors (Lipinski definition) is 6. The van der Waals surface area contributed by atoms with Gasteiger partial charge >= 0.3 is 0 Å². The monoisotopic (exact) mass is 377 g/mol. The largest absolute Gasteiger partial charge is 0.323 e. The van der Waals surface area contributed by atoms with E-state index in [2.05, 4.69) is 31.0 Å². The molecule has 1 aromatic carbocycles. The number of rotatable bonds is 6. The van der Waals surface area contributed by atoms with Gasteiger partial charge in [-0.15, -0.1) is 10.2 Å². The van der Waals surface area contributed by atoms with Crippen molar-refractivity contribution in [1.29, 1.82) is 0 Å². The Morgan fingerprint density at radius 2 is 1.89 bits per heavy atom. The van der Waals surface area contributed by atoms with Gasteiger partial charge in [0.05, 0.1) is 11.9 Å². The Morgan fingerprint density at radius 1 is 1.11 bits per heavy atom. The van der Waals surface area contributed by atoms with E-state index in [1.165, 1.54) is 11.0 Å². The van der Waals surface area contributed by atoms with Gasteiger partial charge in [-0.3, -0.25) is 9.59 Å². The highest BCUT2D eigenvalue weighted by Gasteiger charge is 2.29. The number of hydrogen-bond donors (Lipinski definition) is 2. The maximum absolute atomic E-state index is 12.2. The van der Waals surface area contributed by atoms with Crippen LogP contribution in [0.2, 0.25) is 0 Å². The first kappa shape index (κ1) is 17.8. The zero-order valence-electron chi connectivity index (χ0n) is 15.3. The quantitative estimate of drug-likeness (QED) is 0.679. The van der Waals surface area contributed by atoms with Crippen LogP contribution in [-0.2, 0) is 16.1 Å². The van der Waals surface area contributed by atoms with Crippen molar-refractivity contribution in [3.8, 4) is 11.4 Å². The number of aromatic nitrogens is 5. The number of tetrazole rings is 1. The number of nitrogens with zero attached hydrogens (tertiary/aromatic N) is 5. The zero-order chi connectivity index (χ0) is 19.5. The summed E-state index contributed by atoms with van der Waals surface area (Å²) in [7, 11) is 0. The van der Waals surface area contributed by atoms with Gasteiger partial charge in [-0.05, 0) is 37.1 Å². The van der Waals surface area contributed by atoms with Crippen LogP contribution in [0.5, 0.6) is 0 Å². The van der Waals surface area contributed by atoms with E-state index in [1.54, 1.807) is 12.1 Å². The summed E-state index contributed by atoms with van der Waals surface area (Å²) in [5.74, 6) is 0.734. The van der Waals surface area contributed by atoms with Gasteiger partial charge in [0, 0.05) is 11.5 Å². The maximum atomic E-state index is 12.2. The molecule has 0 radical (unpaired) electrons. The molecule has 9 heteroatoms. The Kier molecular flexibility index (Phi) is 4.79. The van der Waals surface area contributed by atoms with Gasteiger partial charge in [0.25, 0.3) is 0 Å². The van der Waals surface area contributed by atoms with Crippen molar-refractivity contribution in [1.82, 2.24) is 25.2 Å². The third-order valence-corrected chi connectivity index (χ3v) is 4.29. The van der Waals surface area contributed by atoms with E-state index < -0.39 is 0 Å². The van der Waals surface area contributed by atoms with E-state index >= 15 is 0 Å². The summed E-state index contributed by atoms with van der Waals surface area (Å²) in [6, 6.07) is 11.1. The lowest BCUT2D eigenvalue weighted by Crippen LogP contribution is -2.20. The molecule has 1 aliphatic rings. The molecule has 0 spiro atoms. The summed E-state index contributed by atoms with van der Waals surface area (Å²) in [5.41, 5.74) is 2.50. The summed E-state index contributed by atoms with van der Waals surface area (Å²) in [5, 5.41) is 17.6. The lowest BCUT2D eigenvalue weighted by Gasteiger charge is -2.06. The molecule has 28 heavy (non-hydrogen) atoms. The molecular weight excluding hydrogens is 358 g/mol. The summed E-state index contributed by atoms with van der Waals surface area (Å²) >= 11 is 0. The first-order valence-corrected chi connectivity index (χ1v) is 8.98. The summed E-state index contributed by atoms with van der Waals surface area (Å²) in [6.07, 6.45) is 3.36. The van der Waals surface area contributed by atoms with Crippen LogP contribution in [0.15, 0.2) is 42.6 Å². The van der Waals surface area contributed by atoms with Gasteiger partial charge in [-0.1, -0.05) is 29.8 Å². The lowest BCUT2D eigenvalue weighted by molar-refractivity contribution is -0.118. The highest BCUT2D eigenvalue weighted by molar-refractivity contribution is 5.94. The highest BCUT2D eigenvalue weighted by atomic mass is 16.2. The molecule has 9 nitrogen and oxygen atoms in total. The van der Waals surface area contributed by atoms with Crippen molar-refractivity contribution in [2.24, 2.45) is 5.92 Å². The van der Waals surface area contributed by atoms with E-state index in [1.807, 2.05) is 31.2 Å². The van der Waals surface area contributed by atoms with Crippen molar-refractivity contribution in [3.63, 3.8) is 0 Å². The van der Waals surface area contributed by atoms with Crippen LogP contribution < -0.4 is 10.6 Å². The molecule has 0 atom stereocenters. The molecule has 2 heterocycles. The molecule has 1 aliphatic carbocycles. The fourth-order valence-electron chi connectivity index (χ4n) is 2.57. The van der Waals surface area contributed by atoms with Crippen molar-refractivity contribution >= 4 is 23.3 Å². The molecule has 0 bridgehead atoms. The topological polar surface area (TPSA) is 115 Å². The van der Waals surface area contributed by atoms with Gasteiger partial charge in [-0.25, -0.2) is 4.98 Å². The Balaban J connectivity index is 1.32. The highest BCUT2D eigenvalue weighted by Crippen LogP contribution is 2.29. The average molecular weight is 377 g/mol. The number of nitrogens with one attached hydrogen (secondary N) is 2. The van der Waals surface area contributed by atoms with Gasteiger partial charge < -0.3 is 10.6 Å². The molecular formula is C19H19N7O2. The number of carbonyl (C=O) groups excluding carboxylic acids is 2. The SMILES string of the molecule is Cc1ccc(-c2nnn(CC(=O)Nc3ccc(NC(=O)C4CC4)nc3)n2)cc1. The number of anilines is 2. The fraction of sp³-hybridized carbons (Fsp3) is 0.263. The third kappa shape index (κ3) is 4.37. The Labute approximate surface area is 161 Å². The normalized spacial score (nSPS) is 13.2. The Hall–Kier alpha value is -3.62. The molecule has 0 unspecified atom stereocenters. The molecule has 2 aromatic heterocycles. The second-order valence-electron chi connectivity index (χ2n) is 6.75. The van der Waals surface area contributed by atoms with Crippen LogP contribution in [0.3, 0.4) is 0 Å². The minimum absolute atomic E-state index is 0.00840. The van der Waals surface area contributed by atoms with Crippen molar-refractivity contribution < 1.29 is 9.59 Å². The molecule has 142 valence electrons. The molecule has 3 aromatic rings. The molecule has 1 saturated carbocycles. The minimum Gasteiger partial charge on any atom is -0.323 e. The van der Waals surface area contributed by atoms with Gasteiger partial charge in [-0.2, -0.15) is 4.80 Å². The predicted molar refractivity (Wildman–Crippen MR) is 102 cm³/mol. The number of pyridine rings is 1. The van der Waals surface area contributed by atoms with E-state index in [9.17, 15) is 9.59 Å². The second-order valence-corrected chi connectivity index (χ2v) is 6.75. The van der Waals surface area contributed by atoms with Crippen molar-refractivity contribution in [3.05, 3.63) is 48.2 Å². The average Bonchev–Trinajstić information content (AvgIpc) is 3.44. The summed E-state index contributed by atoms with van der Waals surface area (Å²) < 4.78 is 0. The smallest absolute Gasteiger partial charge is 0.248 e. The number of amides is 2. The fourth-order valence-corrected chi connectivity index (χ4v) is 2.57. The molecule has 2 N–H and O–H groups in total. The van der Waals surface area contributed by atoms with Gasteiger partial charge in [0.1, 0.15) is 12.4 Å². The first-order valence-electron chi connectivity index (χ1n) is 8.98.